The number of carbonyl (C=O) groups excluding carboxylic acids is 2. The maximum Gasteiger partial charge on any atom is 0.344 e. The first-order chi connectivity index (χ1) is 19.1. The van der Waals surface area contributed by atoms with Crippen molar-refractivity contribution in [1.29, 1.82) is 0 Å². The molecule has 4 N–H and O–H groups in total. The number of halogens is 3. The normalized spacial score (nSPS) is 31.5. The lowest BCUT2D eigenvalue weighted by atomic mass is 9.62. The van der Waals surface area contributed by atoms with E-state index in [1.54, 1.807) is 37.3 Å². The highest BCUT2D eigenvalue weighted by molar-refractivity contribution is 7.31. The Kier molecular flexibility index (Phi) is 8.09. The van der Waals surface area contributed by atoms with E-state index >= 15 is 4.39 Å². The Morgan fingerprint density at radius 1 is 1.24 bits per heavy atom. The van der Waals surface area contributed by atoms with Crippen molar-refractivity contribution in [2.24, 2.45) is 5.41 Å². The summed E-state index contributed by atoms with van der Waals surface area (Å²) in [6.45, 7) is 7.83. The summed E-state index contributed by atoms with van der Waals surface area (Å²) in [4.78, 5) is 42.2. The molecule has 0 bridgehead atoms. The molecule has 1 unspecified atom stereocenters. The van der Waals surface area contributed by atoms with Crippen LogP contribution in [0.25, 0.3) is 0 Å². The number of hydrogen-bond donors (Lipinski definition) is 4. The number of rotatable bonds is 7. The van der Waals surface area contributed by atoms with Crippen LogP contribution in [-0.2, 0) is 29.1 Å². The lowest BCUT2D eigenvalue weighted by Crippen LogP contribution is -2.58. The van der Waals surface area contributed by atoms with Crippen molar-refractivity contribution in [3.05, 3.63) is 63.4 Å². The van der Waals surface area contributed by atoms with E-state index in [1.165, 1.54) is 6.07 Å². The van der Waals surface area contributed by atoms with Crippen LogP contribution >= 0.6 is 31.5 Å². The molecule has 9 nitrogen and oxygen atoms in total. The zero-order valence-corrected chi connectivity index (χ0v) is 25.5. The van der Waals surface area contributed by atoms with Gasteiger partial charge >= 0.3 is 8.25 Å². The smallest absolute Gasteiger partial charge is 0.344 e. The number of amides is 2. The van der Waals surface area contributed by atoms with Crippen LogP contribution < -0.4 is 16.0 Å². The van der Waals surface area contributed by atoms with E-state index in [-0.39, 0.29) is 28.0 Å². The van der Waals surface area contributed by atoms with E-state index in [1.807, 2.05) is 20.8 Å². The van der Waals surface area contributed by atoms with Crippen LogP contribution in [0.3, 0.4) is 0 Å². The molecule has 2 heterocycles. The van der Waals surface area contributed by atoms with Gasteiger partial charge in [-0.2, -0.15) is 4.67 Å². The van der Waals surface area contributed by atoms with Crippen molar-refractivity contribution in [1.82, 2.24) is 10.6 Å². The summed E-state index contributed by atoms with van der Waals surface area (Å²) < 4.78 is 31.2. The predicted molar refractivity (Wildman–Crippen MR) is 154 cm³/mol. The second kappa shape index (κ2) is 10.9. The topological polar surface area (TPSA) is 126 Å². The molecule has 2 aromatic carbocycles. The van der Waals surface area contributed by atoms with Gasteiger partial charge in [-0.3, -0.25) is 14.2 Å². The molecule has 0 aromatic heterocycles. The Morgan fingerprint density at radius 3 is 2.61 bits per heavy atom. The summed E-state index contributed by atoms with van der Waals surface area (Å²) >= 11 is 12.5. The zero-order valence-electron chi connectivity index (χ0n) is 23.0. The van der Waals surface area contributed by atoms with Gasteiger partial charge in [0.05, 0.1) is 11.1 Å². The molecule has 2 aliphatic heterocycles. The van der Waals surface area contributed by atoms with Gasteiger partial charge in [-0.25, -0.2) is 9.28 Å². The van der Waals surface area contributed by atoms with Gasteiger partial charge in [-0.1, -0.05) is 62.2 Å². The Bertz CT molecular complexity index is 1420. The van der Waals surface area contributed by atoms with Gasteiger partial charge in [0, 0.05) is 28.7 Å². The molecule has 3 aliphatic rings. The fraction of sp³-hybridized carbons (Fsp3) is 0.500. The van der Waals surface area contributed by atoms with Crippen LogP contribution in [0.2, 0.25) is 10.0 Å². The van der Waals surface area contributed by atoms with Crippen LogP contribution in [0.1, 0.15) is 64.0 Å². The summed E-state index contributed by atoms with van der Waals surface area (Å²) in [6, 6.07) is 7.85. The van der Waals surface area contributed by atoms with E-state index < -0.39 is 49.0 Å². The van der Waals surface area contributed by atoms with Crippen molar-refractivity contribution in [3.63, 3.8) is 0 Å². The number of fused-ring (bicyclic) bond motifs is 2. The standard InChI is InChI=1S/C28H33Cl2FN3O6P/c1-26(2,3)13-20-28(17-9-8-14(29)10-19(17)33-25(28)36)21(16-6-5-7-18(30)22(16)31)23(34-20)24(35)32-15-11-27(4,12-15)39-40-41(37)38/h5-10,15,20-21,23,34,41H,11-13H2,1-4H3,(H,32,35)(H,33,36)(H,37,38)/t15-,20-,21+,23-,27+,28+/m1/s1. The lowest BCUT2D eigenvalue weighted by molar-refractivity contribution is -0.313. The van der Waals surface area contributed by atoms with Crippen molar-refractivity contribution in [3.8, 4) is 0 Å². The minimum absolute atomic E-state index is 0.110. The third-order valence-corrected chi connectivity index (χ3v) is 8.99. The molecule has 2 amide bonds. The molecule has 1 saturated heterocycles. The molecule has 5 atom stereocenters. The van der Waals surface area contributed by atoms with E-state index in [9.17, 15) is 14.2 Å². The molecule has 1 aliphatic carbocycles. The zero-order chi connectivity index (χ0) is 29.9. The molecule has 5 rings (SSSR count). The first kappa shape index (κ1) is 30.4. The van der Waals surface area contributed by atoms with Gasteiger partial charge in [-0.15, -0.1) is 0 Å². The Morgan fingerprint density at radius 2 is 1.95 bits per heavy atom. The molecule has 41 heavy (non-hydrogen) atoms. The average Bonchev–Trinajstić information content (AvgIpc) is 3.32. The largest absolute Gasteiger partial charge is 0.352 e. The Hall–Kier alpha value is -2.04. The first-order valence-electron chi connectivity index (χ1n) is 13.3. The Balaban J connectivity index is 1.57. The van der Waals surface area contributed by atoms with Gasteiger partial charge < -0.3 is 20.8 Å². The highest BCUT2D eigenvalue weighted by Gasteiger charge is 2.66. The second-order valence-electron chi connectivity index (χ2n) is 12.6. The fourth-order valence-corrected chi connectivity index (χ4v) is 7.36. The van der Waals surface area contributed by atoms with Crippen LogP contribution in [0.4, 0.5) is 10.1 Å². The molecule has 1 saturated carbocycles. The number of hydrogen-bond acceptors (Lipinski definition) is 6. The highest BCUT2D eigenvalue weighted by Crippen LogP contribution is 2.57. The van der Waals surface area contributed by atoms with E-state index in [2.05, 4.69) is 20.6 Å². The summed E-state index contributed by atoms with van der Waals surface area (Å²) in [5.41, 5.74) is -1.14. The van der Waals surface area contributed by atoms with Crippen LogP contribution in [0.5, 0.6) is 0 Å². The molecular formula is C28H33Cl2FN3O6P. The molecule has 2 aromatic rings. The van der Waals surface area contributed by atoms with Crippen molar-refractivity contribution < 1.29 is 33.0 Å². The number of anilines is 1. The summed E-state index contributed by atoms with van der Waals surface area (Å²) in [5, 5.41) is 9.71. The van der Waals surface area contributed by atoms with Crippen molar-refractivity contribution >= 4 is 49.0 Å². The number of carbonyl (C=O) groups is 2. The fourth-order valence-electron chi connectivity index (χ4n) is 6.73. The molecule has 1 spiro atoms. The van der Waals surface area contributed by atoms with Gasteiger partial charge in [0.1, 0.15) is 16.8 Å². The summed E-state index contributed by atoms with van der Waals surface area (Å²) in [5.74, 6) is -2.41. The van der Waals surface area contributed by atoms with Crippen molar-refractivity contribution in [2.45, 2.75) is 82.0 Å². The van der Waals surface area contributed by atoms with Crippen LogP contribution in [-0.4, -0.2) is 40.4 Å². The van der Waals surface area contributed by atoms with E-state index in [0.29, 0.717) is 35.5 Å². The van der Waals surface area contributed by atoms with Gasteiger partial charge in [-0.05, 0) is 60.9 Å². The van der Waals surface area contributed by atoms with Crippen molar-refractivity contribution in [2.75, 3.05) is 5.32 Å². The number of benzene rings is 2. The number of nitrogens with one attached hydrogen (secondary N) is 3. The minimum Gasteiger partial charge on any atom is -0.352 e. The minimum atomic E-state index is -3.27. The second-order valence-corrected chi connectivity index (χ2v) is 14.1. The van der Waals surface area contributed by atoms with E-state index in [0.717, 1.165) is 0 Å². The lowest BCUT2D eigenvalue weighted by Gasteiger charge is -2.43. The molecule has 0 radical (unpaired) electrons. The Labute approximate surface area is 248 Å². The average molecular weight is 628 g/mol. The maximum absolute atomic E-state index is 15.8. The maximum atomic E-state index is 15.8. The predicted octanol–water partition coefficient (Wildman–Crippen LogP) is 5.25. The monoisotopic (exact) mass is 627 g/mol. The quantitative estimate of drug-likeness (QED) is 0.188. The van der Waals surface area contributed by atoms with Gasteiger partial charge in [0.25, 0.3) is 0 Å². The van der Waals surface area contributed by atoms with Gasteiger partial charge in [0.15, 0.2) is 0 Å². The summed E-state index contributed by atoms with van der Waals surface area (Å²) in [7, 11) is -3.27. The van der Waals surface area contributed by atoms with Crippen LogP contribution in [0.15, 0.2) is 36.4 Å². The van der Waals surface area contributed by atoms with Gasteiger partial charge in [0.2, 0.25) is 11.8 Å². The molecule has 222 valence electrons. The molecule has 13 heteroatoms. The third-order valence-electron chi connectivity index (χ3n) is 8.24. The molecule has 2 fully saturated rings. The third kappa shape index (κ3) is 5.56. The SMILES string of the molecule is CC(C)(C)C[C@H]1N[C@@H](C(=O)N[C@H]2C[C@@](C)(OO[PH](=O)O)C2)[C@H](c2cccc(Cl)c2F)[C@@]12C(=O)Nc1cc(Cl)ccc12. The van der Waals surface area contributed by atoms with E-state index in [4.69, 9.17) is 33.0 Å². The molecular weight excluding hydrogens is 595 g/mol. The van der Waals surface area contributed by atoms with Crippen LogP contribution in [0, 0.1) is 11.2 Å². The summed E-state index contributed by atoms with van der Waals surface area (Å²) in [6.07, 6.45) is 1.16. The first-order valence-corrected chi connectivity index (χ1v) is 15.4. The highest BCUT2D eigenvalue weighted by atomic mass is 35.5.